The SMILES string of the molecule is CNC(=O)CCc1cccc(F)c1Cl. The van der Waals surface area contributed by atoms with Crippen molar-refractivity contribution in [1.29, 1.82) is 0 Å². The van der Waals surface area contributed by atoms with Crippen molar-refractivity contribution in [2.45, 2.75) is 12.8 Å². The molecule has 1 amide bonds. The van der Waals surface area contributed by atoms with Gasteiger partial charge in [-0.1, -0.05) is 23.7 Å². The molecule has 0 bridgehead atoms. The Morgan fingerprint density at radius 3 is 2.93 bits per heavy atom. The molecular formula is C10H11ClFNO. The van der Waals surface area contributed by atoms with Gasteiger partial charge in [-0.15, -0.1) is 0 Å². The first-order valence-electron chi connectivity index (χ1n) is 4.28. The maximum absolute atomic E-state index is 13.0. The first-order chi connectivity index (χ1) is 6.65. The zero-order valence-electron chi connectivity index (χ0n) is 7.81. The standard InChI is InChI=1S/C10H11ClFNO/c1-13-9(14)6-5-7-3-2-4-8(12)10(7)11/h2-4H,5-6H2,1H3,(H,13,14). The number of nitrogens with one attached hydrogen (secondary N) is 1. The highest BCUT2D eigenvalue weighted by atomic mass is 35.5. The second-order valence-corrected chi connectivity index (χ2v) is 3.26. The molecule has 0 saturated carbocycles. The fourth-order valence-corrected chi connectivity index (χ4v) is 1.34. The molecule has 1 aromatic carbocycles. The monoisotopic (exact) mass is 215 g/mol. The third-order valence-corrected chi connectivity index (χ3v) is 2.36. The van der Waals surface area contributed by atoms with Crippen LogP contribution in [0.1, 0.15) is 12.0 Å². The largest absolute Gasteiger partial charge is 0.359 e. The van der Waals surface area contributed by atoms with Crippen LogP contribution in [-0.4, -0.2) is 13.0 Å². The fourth-order valence-electron chi connectivity index (χ4n) is 1.11. The van der Waals surface area contributed by atoms with E-state index in [4.69, 9.17) is 11.6 Å². The third-order valence-electron chi connectivity index (χ3n) is 1.93. The van der Waals surface area contributed by atoms with E-state index in [1.54, 1.807) is 19.2 Å². The van der Waals surface area contributed by atoms with E-state index in [9.17, 15) is 9.18 Å². The van der Waals surface area contributed by atoms with E-state index < -0.39 is 5.82 Å². The molecule has 2 nitrogen and oxygen atoms in total. The maximum Gasteiger partial charge on any atom is 0.220 e. The molecule has 0 aliphatic rings. The molecule has 0 atom stereocenters. The Bertz CT molecular complexity index is 341. The molecule has 0 aliphatic heterocycles. The molecule has 76 valence electrons. The topological polar surface area (TPSA) is 29.1 Å². The predicted octanol–water partition coefficient (Wildman–Crippen LogP) is 2.16. The summed E-state index contributed by atoms with van der Waals surface area (Å²) < 4.78 is 13.0. The van der Waals surface area contributed by atoms with E-state index in [0.717, 1.165) is 0 Å². The number of halogens is 2. The Hall–Kier alpha value is -1.09. The Morgan fingerprint density at radius 2 is 2.29 bits per heavy atom. The minimum atomic E-state index is -0.443. The lowest BCUT2D eigenvalue weighted by molar-refractivity contribution is -0.120. The highest BCUT2D eigenvalue weighted by Crippen LogP contribution is 2.20. The molecule has 0 radical (unpaired) electrons. The average Bonchev–Trinajstić information content (AvgIpc) is 2.20. The Labute approximate surface area is 87.1 Å². The maximum atomic E-state index is 13.0. The van der Waals surface area contributed by atoms with Gasteiger partial charge in [0, 0.05) is 13.5 Å². The van der Waals surface area contributed by atoms with Crippen LogP contribution in [0.5, 0.6) is 0 Å². The summed E-state index contributed by atoms with van der Waals surface area (Å²) >= 11 is 5.71. The molecule has 0 heterocycles. The summed E-state index contributed by atoms with van der Waals surface area (Å²) in [6, 6.07) is 4.60. The van der Waals surface area contributed by atoms with E-state index in [0.29, 0.717) is 18.4 Å². The zero-order chi connectivity index (χ0) is 10.6. The minimum Gasteiger partial charge on any atom is -0.359 e. The summed E-state index contributed by atoms with van der Waals surface area (Å²) in [5.41, 5.74) is 0.662. The number of rotatable bonds is 3. The molecule has 0 unspecified atom stereocenters. The van der Waals surface area contributed by atoms with E-state index >= 15 is 0 Å². The van der Waals surface area contributed by atoms with Crippen LogP contribution < -0.4 is 5.32 Å². The molecule has 0 fully saturated rings. The van der Waals surface area contributed by atoms with Gasteiger partial charge in [-0.25, -0.2) is 4.39 Å². The Morgan fingerprint density at radius 1 is 1.57 bits per heavy atom. The molecule has 1 rings (SSSR count). The third kappa shape index (κ3) is 2.70. The number of benzene rings is 1. The predicted molar refractivity (Wildman–Crippen MR) is 53.8 cm³/mol. The molecular weight excluding hydrogens is 205 g/mol. The highest BCUT2D eigenvalue weighted by Gasteiger charge is 2.06. The summed E-state index contributed by atoms with van der Waals surface area (Å²) in [6.45, 7) is 0. The molecule has 14 heavy (non-hydrogen) atoms. The van der Waals surface area contributed by atoms with Crippen molar-refractivity contribution in [3.05, 3.63) is 34.6 Å². The lowest BCUT2D eigenvalue weighted by Gasteiger charge is -2.03. The molecule has 4 heteroatoms. The van der Waals surface area contributed by atoms with Gasteiger partial charge in [-0.2, -0.15) is 0 Å². The van der Waals surface area contributed by atoms with Gasteiger partial charge < -0.3 is 5.32 Å². The van der Waals surface area contributed by atoms with Gasteiger partial charge in [-0.3, -0.25) is 4.79 Å². The van der Waals surface area contributed by atoms with Crippen LogP contribution in [0.3, 0.4) is 0 Å². The van der Waals surface area contributed by atoms with Crippen LogP contribution in [-0.2, 0) is 11.2 Å². The van der Waals surface area contributed by atoms with E-state index in [1.807, 2.05) is 0 Å². The summed E-state index contributed by atoms with van der Waals surface area (Å²) in [7, 11) is 1.56. The summed E-state index contributed by atoms with van der Waals surface area (Å²) in [6.07, 6.45) is 0.774. The van der Waals surface area contributed by atoms with Gasteiger partial charge in [0.05, 0.1) is 5.02 Å². The zero-order valence-corrected chi connectivity index (χ0v) is 8.57. The van der Waals surface area contributed by atoms with Crippen molar-refractivity contribution in [2.24, 2.45) is 0 Å². The van der Waals surface area contributed by atoms with E-state index in [-0.39, 0.29) is 10.9 Å². The number of carbonyl (C=O) groups is 1. The fraction of sp³-hybridized carbons (Fsp3) is 0.300. The van der Waals surface area contributed by atoms with Gasteiger partial charge >= 0.3 is 0 Å². The van der Waals surface area contributed by atoms with Gasteiger partial charge in [0.25, 0.3) is 0 Å². The number of amides is 1. The minimum absolute atomic E-state index is 0.0784. The van der Waals surface area contributed by atoms with Crippen molar-refractivity contribution < 1.29 is 9.18 Å². The van der Waals surface area contributed by atoms with Crippen LogP contribution in [0.15, 0.2) is 18.2 Å². The number of aryl methyl sites for hydroxylation is 1. The Balaban J connectivity index is 2.68. The van der Waals surface area contributed by atoms with Gasteiger partial charge in [-0.05, 0) is 18.1 Å². The van der Waals surface area contributed by atoms with Crippen LogP contribution in [0.25, 0.3) is 0 Å². The normalized spacial score (nSPS) is 9.93. The number of hydrogen-bond acceptors (Lipinski definition) is 1. The van der Waals surface area contributed by atoms with Crippen molar-refractivity contribution >= 4 is 17.5 Å². The lowest BCUT2D eigenvalue weighted by Crippen LogP contribution is -2.18. The van der Waals surface area contributed by atoms with Crippen LogP contribution in [0, 0.1) is 5.82 Å². The second-order valence-electron chi connectivity index (χ2n) is 2.89. The van der Waals surface area contributed by atoms with E-state index in [2.05, 4.69) is 5.32 Å². The first-order valence-corrected chi connectivity index (χ1v) is 4.66. The van der Waals surface area contributed by atoms with Crippen molar-refractivity contribution in [1.82, 2.24) is 5.32 Å². The average molecular weight is 216 g/mol. The quantitative estimate of drug-likeness (QED) is 0.823. The molecule has 1 aromatic rings. The summed E-state index contributed by atoms with van der Waals surface area (Å²) in [5.74, 6) is -0.522. The molecule has 0 spiro atoms. The van der Waals surface area contributed by atoms with Crippen molar-refractivity contribution in [3.8, 4) is 0 Å². The molecule has 1 N–H and O–H groups in total. The molecule has 0 aliphatic carbocycles. The highest BCUT2D eigenvalue weighted by molar-refractivity contribution is 6.31. The Kier molecular flexibility index (Phi) is 3.89. The van der Waals surface area contributed by atoms with E-state index in [1.165, 1.54) is 6.07 Å². The first kappa shape index (κ1) is 11.0. The number of carbonyl (C=O) groups excluding carboxylic acids is 1. The lowest BCUT2D eigenvalue weighted by atomic mass is 10.1. The van der Waals surface area contributed by atoms with Gasteiger partial charge in [0.15, 0.2) is 0 Å². The van der Waals surface area contributed by atoms with Crippen LogP contribution in [0.4, 0.5) is 4.39 Å². The van der Waals surface area contributed by atoms with Crippen molar-refractivity contribution in [2.75, 3.05) is 7.05 Å². The molecule has 0 saturated heterocycles. The summed E-state index contributed by atoms with van der Waals surface area (Å²) in [4.78, 5) is 10.9. The number of hydrogen-bond donors (Lipinski definition) is 1. The van der Waals surface area contributed by atoms with Crippen LogP contribution >= 0.6 is 11.6 Å². The van der Waals surface area contributed by atoms with Gasteiger partial charge in [0.2, 0.25) is 5.91 Å². The summed E-state index contributed by atoms with van der Waals surface area (Å²) in [5, 5.41) is 2.60. The smallest absolute Gasteiger partial charge is 0.220 e. The molecule has 0 aromatic heterocycles. The van der Waals surface area contributed by atoms with Crippen LogP contribution in [0.2, 0.25) is 5.02 Å². The second kappa shape index (κ2) is 4.96. The van der Waals surface area contributed by atoms with Gasteiger partial charge in [0.1, 0.15) is 5.82 Å². The van der Waals surface area contributed by atoms with Crippen molar-refractivity contribution in [3.63, 3.8) is 0 Å².